The van der Waals surface area contributed by atoms with E-state index in [-0.39, 0.29) is 0 Å². The lowest BCUT2D eigenvalue weighted by atomic mass is 10.00. The maximum atomic E-state index is 12.7. The number of hydrogen-bond acceptors (Lipinski definition) is 5. The molecule has 144 valence electrons. The standard InChI is InChI=1S/C21H22N4O3/c22-14-21(10-4-5-11-21)23-19(26)13-28-20(27)18-12-17(15-8-9-15)24-25(18)16-6-2-1-3-7-16/h1-3,6-7,12,15H,4-5,8-11,13H2,(H,23,26). The van der Waals surface area contributed by atoms with Crippen molar-refractivity contribution in [3.8, 4) is 11.8 Å². The monoisotopic (exact) mass is 378 g/mol. The zero-order valence-electron chi connectivity index (χ0n) is 15.6. The van der Waals surface area contributed by atoms with E-state index in [2.05, 4.69) is 16.5 Å². The SMILES string of the molecule is N#CC1(NC(=O)COC(=O)c2cc(C3CC3)nn2-c2ccccc2)CCCC1. The van der Waals surface area contributed by atoms with Crippen LogP contribution in [0.1, 0.15) is 60.6 Å². The number of hydrogen-bond donors (Lipinski definition) is 1. The Morgan fingerprint density at radius 2 is 1.96 bits per heavy atom. The van der Waals surface area contributed by atoms with Gasteiger partial charge in [-0.15, -0.1) is 0 Å². The minimum atomic E-state index is -0.825. The molecule has 0 bridgehead atoms. The first-order chi connectivity index (χ1) is 13.6. The predicted octanol–water partition coefficient (Wildman–Crippen LogP) is 2.86. The average molecular weight is 378 g/mol. The lowest BCUT2D eigenvalue weighted by molar-refractivity contribution is -0.125. The Labute approximate surface area is 163 Å². The molecule has 0 aliphatic heterocycles. The molecule has 7 heteroatoms. The first-order valence-corrected chi connectivity index (χ1v) is 9.65. The molecule has 2 saturated carbocycles. The molecule has 0 unspecified atom stereocenters. The first kappa shape index (κ1) is 18.2. The summed E-state index contributed by atoms with van der Waals surface area (Å²) in [5.41, 5.74) is 1.11. The van der Waals surface area contributed by atoms with Gasteiger partial charge in [0.15, 0.2) is 12.3 Å². The number of esters is 1. The van der Waals surface area contributed by atoms with Crippen LogP contribution in [0.2, 0.25) is 0 Å². The third-order valence-corrected chi connectivity index (χ3v) is 5.32. The molecular weight excluding hydrogens is 356 g/mol. The molecule has 0 radical (unpaired) electrons. The van der Waals surface area contributed by atoms with Crippen molar-refractivity contribution in [3.05, 3.63) is 47.8 Å². The molecule has 1 heterocycles. The molecule has 1 N–H and O–H groups in total. The van der Waals surface area contributed by atoms with Crippen LogP contribution in [0.3, 0.4) is 0 Å². The van der Waals surface area contributed by atoms with Crippen LogP contribution in [-0.2, 0) is 9.53 Å². The van der Waals surface area contributed by atoms with E-state index < -0.39 is 24.0 Å². The summed E-state index contributed by atoms with van der Waals surface area (Å²) in [6.45, 7) is -0.416. The van der Waals surface area contributed by atoms with E-state index in [9.17, 15) is 14.9 Å². The fraction of sp³-hybridized carbons (Fsp3) is 0.429. The second-order valence-electron chi connectivity index (χ2n) is 7.50. The van der Waals surface area contributed by atoms with Crippen molar-refractivity contribution in [1.29, 1.82) is 5.26 Å². The van der Waals surface area contributed by atoms with Crippen LogP contribution in [0.4, 0.5) is 0 Å². The van der Waals surface area contributed by atoms with Gasteiger partial charge in [-0.3, -0.25) is 4.79 Å². The Bertz CT molecular complexity index is 919. The number of nitriles is 1. The van der Waals surface area contributed by atoms with Crippen LogP contribution in [0.5, 0.6) is 0 Å². The van der Waals surface area contributed by atoms with Crippen molar-refractivity contribution < 1.29 is 14.3 Å². The molecule has 1 amide bonds. The van der Waals surface area contributed by atoms with E-state index in [4.69, 9.17) is 4.74 Å². The van der Waals surface area contributed by atoms with Gasteiger partial charge in [-0.25, -0.2) is 9.48 Å². The fourth-order valence-electron chi connectivity index (χ4n) is 3.64. The quantitative estimate of drug-likeness (QED) is 0.780. The largest absolute Gasteiger partial charge is 0.451 e. The highest BCUT2D eigenvalue weighted by atomic mass is 16.5. The number of nitrogens with zero attached hydrogens (tertiary/aromatic N) is 3. The maximum Gasteiger partial charge on any atom is 0.357 e. The topological polar surface area (TPSA) is 97.0 Å². The van der Waals surface area contributed by atoms with E-state index in [1.807, 2.05) is 30.3 Å². The summed E-state index contributed by atoms with van der Waals surface area (Å²) in [6, 6.07) is 13.3. The number of nitrogens with one attached hydrogen (secondary N) is 1. The summed E-state index contributed by atoms with van der Waals surface area (Å²) < 4.78 is 6.82. The number of carbonyl (C=O) groups excluding carboxylic acids is 2. The van der Waals surface area contributed by atoms with E-state index in [1.165, 1.54) is 0 Å². The predicted molar refractivity (Wildman–Crippen MR) is 101 cm³/mol. The second-order valence-corrected chi connectivity index (χ2v) is 7.50. The number of benzene rings is 1. The van der Waals surface area contributed by atoms with Gasteiger partial charge in [-0.1, -0.05) is 18.2 Å². The third kappa shape index (κ3) is 3.77. The zero-order valence-corrected chi connectivity index (χ0v) is 15.6. The van der Waals surface area contributed by atoms with Gasteiger partial charge in [0.1, 0.15) is 5.54 Å². The summed E-state index contributed by atoms with van der Waals surface area (Å²) in [5, 5.41) is 16.7. The molecule has 4 rings (SSSR count). The number of para-hydroxylation sites is 1. The van der Waals surface area contributed by atoms with Crippen molar-refractivity contribution in [1.82, 2.24) is 15.1 Å². The first-order valence-electron chi connectivity index (χ1n) is 9.65. The number of ether oxygens (including phenoxy) is 1. The van der Waals surface area contributed by atoms with Crippen molar-refractivity contribution in [2.75, 3.05) is 6.61 Å². The van der Waals surface area contributed by atoms with Crippen LogP contribution < -0.4 is 5.32 Å². The van der Waals surface area contributed by atoms with Crippen molar-refractivity contribution in [2.45, 2.75) is 50.0 Å². The lowest BCUT2D eigenvalue weighted by Gasteiger charge is -2.21. The maximum absolute atomic E-state index is 12.7. The van der Waals surface area contributed by atoms with Crippen molar-refractivity contribution in [2.24, 2.45) is 0 Å². The molecule has 0 spiro atoms. The highest BCUT2D eigenvalue weighted by molar-refractivity contribution is 5.90. The summed E-state index contributed by atoms with van der Waals surface area (Å²) in [6.07, 6.45) is 5.23. The van der Waals surface area contributed by atoms with Gasteiger partial charge in [-0.05, 0) is 56.7 Å². The Morgan fingerprint density at radius 3 is 2.61 bits per heavy atom. The minimum absolute atomic E-state index is 0.303. The van der Waals surface area contributed by atoms with E-state index in [1.54, 1.807) is 10.7 Å². The van der Waals surface area contributed by atoms with E-state index >= 15 is 0 Å². The number of rotatable bonds is 6. The molecule has 1 aromatic heterocycles. The third-order valence-electron chi connectivity index (χ3n) is 5.32. The lowest BCUT2D eigenvalue weighted by Crippen LogP contribution is -2.46. The molecular formula is C21H22N4O3. The molecule has 2 aliphatic carbocycles. The van der Waals surface area contributed by atoms with Crippen LogP contribution in [0.15, 0.2) is 36.4 Å². The molecule has 2 aromatic rings. The number of carbonyl (C=O) groups is 2. The van der Waals surface area contributed by atoms with Crippen LogP contribution in [0, 0.1) is 11.3 Å². The van der Waals surface area contributed by atoms with Crippen molar-refractivity contribution >= 4 is 11.9 Å². The smallest absolute Gasteiger partial charge is 0.357 e. The summed E-state index contributed by atoms with van der Waals surface area (Å²) in [7, 11) is 0. The molecule has 0 saturated heterocycles. The van der Waals surface area contributed by atoms with Gasteiger partial charge in [-0.2, -0.15) is 10.4 Å². The molecule has 0 atom stereocenters. The summed E-state index contributed by atoms with van der Waals surface area (Å²) in [5.74, 6) is -0.668. The summed E-state index contributed by atoms with van der Waals surface area (Å²) >= 11 is 0. The minimum Gasteiger partial charge on any atom is -0.451 e. The highest BCUT2D eigenvalue weighted by Gasteiger charge is 2.35. The molecule has 28 heavy (non-hydrogen) atoms. The van der Waals surface area contributed by atoms with Gasteiger partial charge >= 0.3 is 5.97 Å². The van der Waals surface area contributed by atoms with Gasteiger partial charge in [0.25, 0.3) is 5.91 Å². The molecule has 2 aliphatic rings. The molecule has 7 nitrogen and oxygen atoms in total. The fourth-order valence-corrected chi connectivity index (χ4v) is 3.64. The Kier molecular flexibility index (Phi) is 4.86. The van der Waals surface area contributed by atoms with E-state index in [0.717, 1.165) is 37.1 Å². The molecule has 2 fully saturated rings. The Hall–Kier alpha value is -3.14. The van der Waals surface area contributed by atoms with Gasteiger partial charge in [0.2, 0.25) is 0 Å². The average Bonchev–Trinajstić information content (AvgIpc) is 3.30. The molecule has 1 aromatic carbocycles. The van der Waals surface area contributed by atoms with Crippen LogP contribution in [-0.4, -0.2) is 33.8 Å². The van der Waals surface area contributed by atoms with Gasteiger partial charge in [0, 0.05) is 5.92 Å². The van der Waals surface area contributed by atoms with Crippen LogP contribution >= 0.6 is 0 Å². The van der Waals surface area contributed by atoms with Gasteiger partial charge in [0.05, 0.1) is 17.5 Å². The Morgan fingerprint density at radius 1 is 1.25 bits per heavy atom. The van der Waals surface area contributed by atoms with Crippen molar-refractivity contribution in [3.63, 3.8) is 0 Å². The normalized spacial score (nSPS) is 17.7. The highest BCUT2D eigenvalue weighted by Crippen LogP contribution is 2.39. The zero-order chi connectivity index (χ0) is 19.6. The second kappa shape index (κ2) is 7.47. The Balaban J connectivity index is 1.46. The van der Waals surface area contributed by atoms with E-state index in [0.29, 0.717) is 24.5 Å². The number of aromatic nitrogens is 2. The summed E-state index contributed by atoms with van der Waals surface area (Å²) in [4.78, 5) is 24.9. The van der Waals surface area contributed by atoms with Crippen LogP contribution in [0.25, 0.3) is 5.69 Å². The van der Waals surface area contributed by atoms with Gasteiger partial charge < -0.3 is 10.1 Å². The number of amides is 1.